The number of rotatable bonds is 3. The Morgan fingerprint density at radius 2 is 2.07 bits per heavy atom. The van der Waals surface area contributed by atoms with Gasteiger partial charge in [-0.1, -0.05) is 0 Å². The van der Waals surface area contributed by atoms with Crippen molar-refractivity contribution in [3.05, 3.63) is 0 Å². The zero-order valence-electron chi connectivity index (χ0n) is 7.96. The van der Waals surface area contributed by atoms with Crippen LogP contribution in [-0.2, 0) is 9.47 Å². The van der Waals surface area contributed by atoms with Gasteiger partial charge in [-0.3, -0.25) is 0 Å². The molecule has 6 nitrogen and oxygen atoms in total. The maximum Gasteiger partial charge on any atom is 0.220 e. The molecule has 1 rings (SSSR count). The van der Waals surface area contributed by atoms with Crippen LogP contribution in [0.2, 0.25) is 0 Å². The Kier molecular flexibility index (Phi) is 3.82. The second-order valence-electron chi connectivity index (χ2n) is 3.36. The first-order valence-corrected chi connectivity index (χ1v) is 4.38. The van der Waals surface area contributed by atoms with Crippen molar-refractivity contribution < 1.29 is 29.9 Å². The summed E-state index contributed by atoms with van der Waals surface area (Å²) in [7, 11) is 1.27. The van der Waals surface area contributed by atoms with Crippen LogP contribution in [0, 0.1) is 5.92 Å². The second-order valence-corrected chi connectivity index (χ2v) is 3.36. The molecule has 1 saturated heterocycles. The summed E-state index contributed by atoms with van der Waals surface area (Å²) in [6.07, 6.45) is -2.54. The quantitative estimate of drug-likeness (QED) is 0.415. The molecule has 1 heterocycles. The molecule has 0 aromatic carbocycles. The maximum atomic E-state index is 9.62. The van der Waals surface area contributed by atoms with E-state index in [9.17, 15) is 10.2 Å². The van der Waals surface area contributed by atoms with E-state index in [4.69, 9.17) is 19.7 Å². The summed E-state index contributed by atoms with van der Waals surface area (Å²) >= 11 is 0. The van der Waals surface area contributed by atoms with Crippen molar-refractivity contribution in [1.29, 1.82) is 0 Å². The van der Waals surface area contributed by atoms with Crippen LogP contribution in [0.3, 0.4) is 0 Å². The molecule has 0 spiro atoms. The normalized spacial score (nSPS) is 43.9. The summed E-state index contributed by atoms with van der Waals surface area (Å²) in [5, 5.41) is 37.0. The van der Waals surface area contributed by atoms with Gasteiger partial charge in [0.15, 0.2) is 0 Å². The summed E-state index contributed by atoms with van der Waals surface area (Å²) in [4.78, 5) is 0. The van der Waals surface area contributed by atoms with Gasteiger partial charge in [-0.15, -0.1) is 0 Å². The number of aliphatic hydroxyl groups is 4. The third kappa shape index (κ3) is 1.77. The van der Waals surface area contributed by atoms with Crippen LogP contribution in [0.4, 0.5) is 0 Å². The van der Waals surface area contributed by atoms with Gasteiger partial charge >= 0.3 is 0 Å². The van der Waals surface area contributed by atoms with Crippen LogP contribution in [0.25, 0.3) is 0 Å². The highest BCUT2D eigenvalue weighted by atomic mass is 16.7. The number of aliphatic hydroxyl groups excluding tert-OH is 4. The van der Waals surface area contributed by atoms with Crippen LogP contribution in [0.1, 0.15) is 0 Å². The highest BCUT2D eigenvalue weighted by Gasteiger charge is 2.49. The lowest BCUT2D eigenvalue weighted by Crippen LogP contribution is -2.62. The Labute approximate surface area is 81.7 Å². The first kappa shape index (κ1) is 11.8. The number of hydrogen-bond donors (Lipinski definition) is 4. The SMILES string of the molecule is CO[C@]1(CO)OC[C@H](CO)[C@@H](O)[C@@H]1O. The molecule has 0 unspecified atom stereocenters. The van der Waals surface area contributed by atoms with Crippen LogP contribution in [0.5, 0.6) is 0 Å². The topological polar surface area (TPSA) is 99.4 Å². The third-order valence-corrected chi connectivity index (χ3v) is 2.60. The summed E-state index contributed by atoms with van der Waals surface area (Å²) in [6, 6.07) is 0. The minimum Gasteiger partial charge on any atom is -0.396 e. The molecule has 0 amide bonds. The van der Waals surface area contributed by atoms with E-state index >= 15 is 0 Å². The van der Waals surface area contributed by atoms with E-state index in [2.05, 4.69) is 0 Å². The van der Waals surface area contributed by atoms with Gasteiger partial charge in [0, 0.05) is 13.0 Å². The van der Waals surface area contributed by atoms with Crippen LogP contribution >= 0.6 is 0 Å². The minimum absolute atomic E-state index is 0.0309. The number of methoxy groups -OCH3 is 1. The summed E-state index contributed by atoms with van der Waals surface area (Å²) < 4.78 is 9.95. The van der Waals surface area contributed by atoms with Crippen LogP contribution in [0.15, 0.2) is 0 Å². The lowest BCUT2D eigenvalue weighted by molar-refractivity contribution is -0.336. The van der Waals surface area contributed by atoms with Gasteiger partial charge in [0.1, 0.15) is 6.10 Å². The predicted octanol–water partition coefficient (Wildman–Crippen LogP) is -2.32. The monoisotopic (exact) mass is 208 g/mol. The third-order valence-electron chi connectivity index (χ3n) is 2.60. The van der Waals surface area contributed by atoms with E-state index in [0.29, 0.717) is 0 Å². The molecule has 0 radical (unpaired) electrons. The Balaban J connectivity index is 2.76. The average Bonchev–Trinajstić information content (AvgIpc) is 2.23. The Hall–Kier alpha value is -0.240. The van der Waals surface area contributed by atoms with Crippen molar-refractivity contribution in [1.82, 2.24) is 0 Å². The summed E-state index contributed by atoms with van der Waals surface area (Å²) in [5.41, 5.74) is 0. The molecule has 14 heavy (non-hydrogen) atoms. The van der Waals surface area contributed by atoms with Gasteiger partial charge in [-0.2, -0.15) is 0 Å². The second kappa shape index (κ2) is 4.52. The average molecular weight is 208 g/mol. The standard InChI is InChI=1S/C8H16O6/c1-13-8(4-10)7(12)6(11)5(2-9)3-14-8/h5-7,9-12H,2-4H2,1H3/t5-,6+,7-,8+/m0/s1. The molecule has 6 heteroatoms. The van der Waals surface area contributed by atoms with E-state index < -0.39 is 30.5 Å². The highest BCUT2D eigenvalue weighted by molar-refractivity contribution is 4.92. The number of ether oxygens (including phenoxy) is 2. The van der Waals surface area contributed by atoms with Crippen molar-refractivity contribution in [2.24, 2.45) is 5.92 Å². The summed E-state index contributed by atoms with van der Waals surface area (Å²) in [6.45, 7) is -0.813. The van der Waals surface area contributed by atoms with Crippen LogP contribution < -0.4 is 0 Å². The van der Waals surface area contributed by atoms with Gasteiger partial charge in [-0.25, -0.2) is 0 Å². The Bertz CT molecular complexity index is 181. The number of hydrogen-bond acceptors (Lipinski definition) is 6. The fourth-order valence-electron chi connectivity index (χ4n) is 1.49. The zero-order valence-corrected chi connectivity index (χ0v) is 7.96. The molecule has 0 bridgehead atoms. The lowest BCUT2D eigenvalue weighted by atomic mass is 9.91. The van der Waals surface area contributed by atoms with E-state index in [0.717, 1.165) is 0 Å². The molecule has 1 aliphatic rings. The molecule has 0 aliphatic carbocycles. The van der Waals surface area contributed by atoms with E-state index in [1.54, 1.807) is 0 Å². The van der Waals surface area contributed by atoms with E-state index in [-0.39, 0.29) is 13.2 Å². The lowest BCUT2D eigenvalue weighted by Gasteiger charge is -2.43. The molecule has 0 saturated carbocycles. The smallest absolute Gasteiger partial charge is 0.220 e. The summed E-state index contributed by atoms with van der Waals surface area (Å²) in [5.74, 6) is -2.13. The zero-order chi connectivity index (χ0) is 10.8. The molecule has 4 atom stereocenters. The molecular formula is C8H16O6. The van der Waals surface area contributed by atoms with Crippen molar-refractivity contribution in [2.75, 3.05) is 26.9 Å². The van der Waals surface area contributed by atoms with Gasteiger partial charge in [0.05, 0.1) is 25.9 Å². The fraction of sp³-hybridized carbons (Fsp3) is 1.00. The van der Waals surface area contributed by atoms with Gasteiger partial charge in [0.2, 0.25) is 5.79 Å². The Morgan fingerprint density at radius 1 is 1.43 bits per heavy atom. The largest absolute Gasteiger partial charge is 0.396 e. The molecular weight excluding hydrogens is 192 g/mol. The van der Waals surface area contributed by atoms with Gasteiger partial charge in [0.25, 0.3) is 0 Å². The molecule has 0 aromatic heterocycles. The van der Waals surface area contributed by atoms with Crippen molar-refractivity contribution >= 4 is 0 Å². The first-order chi connectivity index (χ1) is 6.61. The van der Waals surface area contributed by atoms with Crippen LogP contribution in [-0.4, -0.2) is 65.4 Å². The molecule has 84 valence electrons. The van der Waals surface area contributed by atoms with Crippen molar-refractivity contribution in [2.45, 2.75) is 18.0 Å². The first-order valence-electron chi connectivity index (χ1n) is 4.38. The van der Waals surface area contributed by atoms with E-state index in [1.807, 2.05) is 0 Å². The fourth-order valence-corrected chi connectivity index (χ4v) is 1.49. The Morgan fingerprint density at radius 3 is 2.50 bits per heavy atom. The molecule has 1 fully saturated rings. The minimum atomic E-state index is -1.58. The van der Waals surface area contributed by atoms with Crippen molar-refractivity contribution in [3.8, 4) is 0 Å². The molecule has 1 aliphatic heterocycles. The molecule has 4 N–H and O–H groups in total. The predicted molar refractivity (Wildman–Crippen MR) is 45.4 cm³/mol. The van der Waals surface area contributed by atoms with Gasteiger partial charge < -0.3 is 29.9 Å². The molecule has 0 aromatic rings. The van der Waals surface area contributed by atoms with E-state index in [1.165, 1.54) is 7.11 Å². The highest BCUT2D eigenvalue weighted by Crippen LogP contribution is 2.29. The maximum absolute atomic E-state index is 9.62. The van der Waals surface area contributed by atoms with Gasteiger partial charge in [-0.05, 0) is 0 Å². The van der Waals surface area contributed by atoms with Crippen molar-refractivity contribution in [3.63, 3.8) is 0 Å².